The fraction of sp³-hybridized carbons (Fsp3) is 0. The smallest absolute Gasteiger partial charge is 0.252 e. The van der Waals surface area contributed by atoms with Crippen LogP contribution in [-0.2, 0) is 0 Å². The number of anilines is 12. The maximum atomic E-state index is 7.72. The lowest BCUT2D eigenvalue weighted by Gasteiger charge is -2.46. The predicted molar refractivity (Wildman–Crippen MR) is 430 cm³/mol. The summed E-state index contributed by atoms with van der Waals surface area (Å²) in [4.78, 5) is 10.2. The van der Waals surface area contributed by atoms with Crippen molar-refractivity contribution in [3.63, 3.8) is 0 Å². The highest BCUT2D eigenvalue weighted by atomic mass is 16.3. The molecule has 0 bridgehead atoms. The number of para-hydroxylation sites is 5. The molecule has 0 fully saturated rings. The number of nitrogens with zero attached hydrogens (tertiary/aromatic N) is 4. The Kier molecular flexibility index (Phi) is 14.9. The van der Waals surface area contributed by atoms with Gasteiger partial charge in [0, 0.05) is 72.8 Å². The Balaban J connectivity index is 1.04. The highest BCUT2D eigenvalue weighted by Gasteiger charge is 2.48. The maximum absolute atomic E-state index is 7.72. The highest BCUT2D eigenvalue weighted by molar-refractivity contribution is 7.00. The molecule has 19 rings (SSSR count). The summed E-state index contributed by atoms with van der Waals surface area (Å²) in [5.41, 5.74) is 30.5. The molecular weight excluding hydrogens is 1240 g/mol. The second-order valence-corrected chi connectivity index (χ2v) is 26.3. The molecule has 16 aromatic carbocycles. The van der Waals surface area contributed by atoms with Gasteiger partial charge in [-0.1, -0.05) is 297 Å². The van der Waals surface area contributed by atoms with Gasteiger partial charge in [0.25, 0.3) is 6.71 Å². The number of fused-ring (bicyclic) bond motifs is 8. The Hall–Kier alpha value is -13.4. The van der Waals surface area contributed by atoms with E-state index in [4.69, 9.17) is 4.42 Å². The normalized spacial score (nSPS) is 12.1. The van der Waals surface area contributed by atoms with Gasteiger partial charge in [-0.05, 0) is 158 Å². The van der Waals surface area contributed by atoms with Crippen molar-refractivity contribution in [2.75, 3.05) is 19.6 Å². The van der Waals surface area contributed by atoms with E-state index in [0.29, 0.717) is 0 Å². The lowest BCUT2D eigenvalue weighted by molar-refractivity contribution is 0.669. The van der Waals surface area contributed by atoms with E-state index in [9.17, 15) is 0 Å². The molecule has 5 nitrogen and oxygen atoms in total. The predicted octanol–water partition coefficient (Wildman–Crippen LogP) is 24.6. The molecule has 0 amide bonds. The topological polar surface area (TPSA) is 26.1 Å². The van der Waals surface area contributed by atoms with Crippen LogP contribution < -0.4 is 36.0 Å². The monoisotopic (exact) mass is 1300 g/mol. The molecule has 0 atom stereocenters. The van der Waals surface area contributed by atoms with E-state index in [0.717, 1.165) is 173 Å². The van der Waals surface area contributed by atoms with Crippen LogP contribution in [0.5, 0.6) is 0 Å². The summed E-state index contributed by atoms with van der Waals surface area (Å²) in [5.74, 6) is 0. The minimum Gasteiger partial charge on any atom is -0.454 e. The number of benzene rings is 16. The minimum atomic E-state index is -0.450. The molecule has 17 aromatic rings. The average Bonchev–Trinajstić information content (AvgIpc) is 1.06. The summed E-state index contributed by atoms with van der Waals surface area (Å²) in [5, 5.41) is 2.05. The first-order valence-corrected chi connectivity index (χ1v) is 35.0. The van der Waals surface area contributed by atoms with Crippen LogP contribution in [0.25, 0.3) is 88.7 Å². The van der Waals surface area contributed by atoms with Crippen LogP contribution in [0.2, 0.25) is 0 Å². The van der Waals surface area contributed by atoms with Crippen LogP contribution in [0.4, 0.5) is 68.2 Å². The molecular formula is C96H65BN4O. The zero-order valence-electron chi connectivity index (χ0n) is 55.8. The Morgan fingerprint density at radius 2 is 0.569 bits per heavy atom. The van der Waals surface area contributed by atoms with Crippen molar-refractivity contribution in [3.8, 4) is 66.8 Å². The zero-order chi connectivity index (χ0) is 67.5. The number of furan rings is 1. The Bertz CT molecular complexity index is 5750. The van der Waals surface area contributed by atoms with Crippen molar-refractivity contribution in [1.29, 1.82) is 0 Å². The largest absolute Gasteiger partial charge is 0.454 e. The third-order valence-corrected chi connectivity index (χ3v) is 20.4. The van der Waals surface area contributed by atoms with E-state index < -0.39 is 6.71 Å². The fourth-order valence-corrected chi connectivity index (χ4v) is 15.8. The average molecular weight is 1300 g/mol. The first kappa shape index (κ1) is 59.8. The van der Waals surface area contributed by atoms with Crippen LogP contribution >= 0.6 is 0 Å². The van der Waals surface area contributed by atoms with Crippen LogP contribution in [0.3, 0.4) is 0 Å². The van der Waals surface area contributed by atoms with Crippen molar-refractivity contribution < 1.29 is 4.42 Å². The van der Waals surface area contributed by atoms with Crippen molar-refractivity contribution in [1.82, 2.24) is 0 Å². The van der Waals surface area contributed by atoms with Crippen LogP contribution in [0, 0.1) is 0 Å². The van der Waals surface area contributed by atoms with Gasteiger partial charge in [0.2, 0.25) is 0 Å². The summed E-state index contributed by atoms with van der Waals surface area (Å²) >= 11 is 0. The molecule has 2 aliphatic rings. The molecule has 0 spiro atoms. The third kappa shape index (κ3) is 10.3. The van der Waals surface area contributed by atoms with Crippen molar-refractivity contribution in [2.45, 2.75) is 0 Å². The number of hydrogen-bond acceptors (Lipinski definition) is 5. The molecule has 0 saturated carbocycles. The van der Waals surface area contributed by atoms with E-state index in [2.05, 4.69) is 414 Å². The molecule has 478 valence electrons. The molecule has 0 aliphatic carbocycles. The Morgan fingerprint density at radius 3 is 0.971 bits per heavy atom. The van der Waals surface area contributed by atoms with E-state index in [1.54, 1.807) is 0 Å². The molecule has 0 unspecified atom stereocenters. The summed E-state index contributed by atoms with van der Waals surface area (Å²) in [6.45, 7) is -0.450. The van der Waals surface area contributed by atoms with Gasteiger partial charge in [-0.25, -0.2) is 0 Å². The van der Waals surface area contributed by atoms with Crippen molar-refractivity contribution in [2.24, 2.45) is 0 Å². The molecule has 1 aromatic heterocycles. The van der Waals surface area contributed by atoms with Crippen molar-refractivity contribution >= 4 is 113 Å². The second kappa shape index (κ2) is 25.5. The zero-order valence-corrected chi connectivity index (χ0v) is 55.8. The first-order valence-electron chi connectivity index (χ1n) is 35.0. The van der Waals surface area contributed by atoms with Gasteiger partial charge in [0.15, 0.2) is 5.58 Å². The first-order chi connectivity index (χ1) is 50.6. The third-order valence-electron chi connectivity index (χ3n) is 20.4. The molecule has 2 aliphatic heterocycles. The lowest BCUT2D eigenvalue weighted by atomic mass is 9.33. The van der Waals surface area contributed by atoms with Crippen molar-refractivity contribution in [3.05, 3.63) is 394 Å². The summed E-state index contributed by atoms with van der Waals surface area (Å²) < 4.78 is 7.72. The second-order valence-electron chi connectivity index (χ2n) is 26.3. The van der Waals surface area contributed by atoms with Crippen LogP contribution in [-0.4, -0.2) is 6.71 Å². The van der Waals surface area contributed by atoms with Gasteiger partial charge in [-0.3, -0.25) is 0 Å². The molecule has 0 saturated heterocycles. The van der Waals surface area contributed by atoms with E-state index in [1.807, 2.05) is 0 Å². The Labute approximate surface area is 594 Å². The fourth-order valence-electron chi connectivity index (χ4n) is 15.8. The summed E-state index contributed by atoms with van der Waals surface area (Å²) in [6.07, 6.45) is 0. The highest BCUT2D eigenvalue weighted by Crippen LogP contribution is 2.56. The van der Waals surface area contributed by atoms with Gasteiger partial charge < -0.3 is 24.0 Å². The maximum Gasteiger partial charge on any atom is 0.252 e. The van der Waals surface area contributed by atoms with Gasteiger partial charge in [-0.15, -0.1) is 0 Å². The lowest BCUT2D eigenvalue weighted by Crippen LogP contribution is -2.61. The van der Waals surface area contributed by atoms with E-state index in [1.165, 1.54) is 0 Å². The van der Waals surface area contributed by atoms with Gasteiger partial charge in [-0.2, -0.15) is 0 Å². The van der Waals surface area contributed by atoms with Gasteiger partial charge in [0.05, 0.1) is 28.4 Å². The van der Waals surface area contributed by atoms with Crippen LogP contribution in [0.15, 0.2) is 399 Å². The molecule has 102 heavy (non-hydrogen) atoms. The molecule has 0 N–H and O–H groups in total. The van der Waals surface area contributed by atoms with Gasteiger partial charge in [0.1, 0.15) is 5.58 Å². The van der Waals surface area contributed by atoms with E-state index in [-0.39, 0.29) is 0 Å². The number of hydrogen-bond donors (Lipinski definition) is 0. The summed E-state index contributed by atoms with van der Waals surface area (Å²) in [6, 6.07) is 144. The Morgan fingerprint density at radius 1 is 0.235 bits per heavy atom. The standard InChI is InChI=1S/C96H65BN4O/c1-11-33-66(34-12-1)72-55-57-78(68-37-15-3-16-38-68)86(59-72)100-90-61-81(70-41-19-5-20-42-70)88(98(74-45-23-7-24-46-74)75-47-25-8-26-48-75)64-84(90)97-85-65-89(99(76-49-27-9-28-50-76)77-51-29-10-30-52-77)82(71-43-21-6-22-44-71)62-91(85)101(95-94(97)92(100)63-83-80-53-31-32-54-93(80)102-96(83)95)87-60-73(67-35-13-2-14-36-67)56-58-79(87)69-39-17-4-18-40-69/h1-65H. The molecule has 3 heterocycles. The van der Waals surface area contributed by atoms with Crippen LogP contribution in [0.1, 0.15) is 0 Å². The minimum absolute atomic E-state index is 0.450. The van der Waals surface area contributed by atoms with Gasteiger partial charge >= 0.3 is 0 Å². The number of rotatable bonds is 14. The van der Waals surface area contributed by atoms with E-state index >= 15 is 0 Å². The quantitative estimate of drug-likeness (QED) is 0.101. The molecule has 0 radical (unpaired) electrons. The molecule has 6 heteroatoms. The summed E-state index contributed by atoms with van der Waals surface area (Å²) in [7, 11) is 0. The SMILES string of the molecule is c1ccc(-c2ccc(-c3ccccc3)c(N3c4cc(-c5ccccc5)c(N(c5ccccc5)c5ccccc5)cc4B4c5cc(N(c6ccccc6)c6ccccc6)c(-c6ccccc6)cc5N(c5cc(-c6ccccc6)ccc5-c5ccccc5)c5c4c3cc3c5oc4ccccc43)c2)cc1.